The lowest BCUT2D eigenvalue weighted by Crippen LogP contribution is -1.92. The first-order valence-corrected chi connectivity index (χ1v) is 12.3. The highest BCUT2D eigenvalue weighted by Crippen LogP contribution is 2.46. The number of hydrogen-bond donors (Lipinski definition) is 0. The molecule has 8 aromatic carbocycles. The molecule has 0 aliphatic heterocycles. The third-order valence-electron chi connectivity index (χ3n) is 6.85. The topological polar surface area (TPSA) is 0 Å². The summed E-state index contributed by atoms with van der Waals surface area (Å²) in [5.74, 6) is 0. The summed E-state index contributed by atoms with van der Waals surface area (Å²) in [4.78, 5) is 0. The molecule has 0 fully saturated rings. The highest BCUT2D eigenvalue weighted by Gasteiger charge is 2.18. The van der Waals surface area contributed by atoms with Crippen LogP contribution in [0, 0.1) is 0 Å². The molecule has 0 heteroatoms. The van der Waals surface area contributed by atoms with Gasteiger partial charge in [-0.15, -0.1) is 0 Å². The monoisotopic (exact) mass is 525 g/mol. The standard InChI is InChI=1S/C40H26/c1-3-13-29-25-31(23-21-27(29)11-1)33-15-5-6-16-34(33)40-37-19-9-7-17-35(37)39(36-18-8-10-20-38(36)40)32-24-22-28-12-2-4-14-30(28)26-32/h1-26H/i1D,3D,5D,6D,7D,8D,9D,10D,11D,13D,15D,16D,17D,18D,19D,20D,21D,23D,25D. The van der Waals surface area contributed by atoms with Gasteiger partial charge in [-0.05, 0) is 88.6 Å². The lowest BCUT2D eigenvalue weighted by atomic mass is 9.83. The fourth-order valence-corrected chi connectivity index (χ4v) is 5.10. The summed E-state index contributed by atoms with van der Waals surface area (Å²) in [6.07, 6.45) is 0. The zero-order chi connectivity index (χ0) is 43.0. The summed E-state index contributed by atoms with van der Waals surface area (Å²) in [5, 5.41) is -0.882. The first-order chi connectivity index (χ1) is 27.8. The van der Waals surface area contributed by atoms with Gasteiger partial charge in [0.25, 0.3) is 0 Å². The van der Waals surface area contributed by atoms with Crippen molar-refractivity contribution in [3.63, 3.8) is 0 Å². The second-order valence-corrected chi connectivity index (χ2v) is 9.06. The summed E-state index contributed by atoms with van der Waals surface area (Å²) >= 11 is 0. The third kappa shape index (κ3) is 3.61. The Labute approximate surface area is 260 Å². The van der Waals surface area contributed by atoms with E-state index >= 15 is 0 Å². The van der Waals surface area contributed by atoms with E-state index in [-0.39, 0.29) is 16.3 Å². The normalized spacial score (nSPS) is 18.1. The van der Waals surface area contributed by atoms with Gasteiger partial charge >= 0.3 is 0 Å². The van der Waals surface area contributed by atoms with Crippen LogP contribution >= 0.6 is 0 Å². The van der Waals surface area contributed by atoms with Crippen LogP contribution in [0.4, 0.5) is 0 Å². The molecule has 0 bridgehead atoms. The minimum atomic E-state index is -0.899. The summed E-state index contributed by atoms with van der Waals surface area (Å²) in [7, 11) is 0. The van der Waals surface area contributed by atoms with Gasteiger partial charge < -0.3 is 0 Å². The molecule has 0 amide bonds. The molecule has 0 atom stereocenters. The van der Waals surface area contributed by atoms with E-state index in [4.69, 9.17) is 16.4 Å². The van der Waals surface area contributed by atoms with E-state index < -0.39 is 159 Å². The molecule has 0 saturated heterocycles. The molecule has 186 valence electrons. The third-order valence-corrected chi connectivity index (χ3v) is 6.85. The zero-order valence-corrected chi connectivity index (χ0v) is 20.5. The minimum Gasteiger partial charge on any atom is -0.0616 e. The Morgan fingerprint density at radius 2 is 0.950 bits per heavy atom. The van der Waals surface area contributed by atoms with Crippen LogP contribution in [0.1, 0.15) is 26.0 Å². The Balaban J connectivity index is 1.73. The van der Waals surface area contributed by atoms with Crippen molar-refractivity contribution < 1.29 is 26.0 Å². The molecule has 0 N–H and O–H groups in total. The Hall–Kier alpha value is -5.20. The molecule has 0 heterocycles. The van der Waals surface area contributed by atoms with E-state index in [0.29, 0.717) is 10.9 Å². The smallest absolute Gasteiger partial charge is 0.0616 e. The van der Waals surface area contributed by atoms with Crippen LogP contribution in [0.15, 0.2) is 157 Å². The van der Waals surface area contributed by atoms with Gasteiger partial charge in [-0.1, -0.05) is 145 Å². The molecule has 0 radical (unpaired) electrons. The van der Waals surface area contributed by atoms with Crippen molar-refractivity contribution >= 4 is 43.1 Å². The van der Waals surface area contributed by atoms with Crippen LogP contribution < -0.4 is 0 Å². The van der Waals surface area contributed by atoms with E-state index in [9.17, 15) is 9.60 Å². The van der Waals surface area contributed by atoms with Gasteiger partial charge in [0.05, 0.1) is 26.0 Å². The van der Waals surface area contributed by atoms with Crippen LogP contribution in [-0.2, 0) is 0 Å². The Morgan fingerprint density at radius 1 is 0.375 bits per heavy atom. The number of hydrogen-bond acceptors (Lipinski definition) is 0. The molecule has 0 aromatic heterocycles. The molecular formula is C40H26. The Bertz CT molecular complexity index is 3180. The van der Waals surface area contributed by atoms with E-state index in [1.165, 1.54) is 0 Å². The van der Waals surface area contributed by atoms with E-state index in [1.807, 2.05) is 12.1 Å². The molecular weight excluding hydrogens is 480 g/mol. The van der Waals surface area contributed by atoms with Crippen LogP contribution in [0.25, 0.3) is 76.5 Å². The summed E-state index contributed by atoms with van der Waals surface area (Å²) < 4.78 is 170. The maximum absolute atomic E-state index is 9.39. The van der Waals surface area contributed by atoms with Crippen LogP contribution in [0.2, 0.25) is 0 Å². The van der Waals surface area contributed by atoms with Gasteiger partial charge in [0.15, 0.2) is 0 Å². The summed E-state index contributed by atoms with van der Waals surface area (Å²) in [6, 6.07) is -2.53. The van der Waals surface area contributed by atoms with Crippen molar-refractivity contribution in [1.82, 2.24) is 0 Å². The van der Waals surface area contributed by atoms with Gasteiger partial charge in [0, 0.05) is 0 Å². The van der Waals surface area contributed by atoms with Crippen molar-refractivity contribution in [2.45, 2.75) is 0 Å². The van der Waals surface area contributed by atoms with Gasteiger partial charge in [-0.2, -0.15) is 0 Å². The van der Waals surface area contributed by atoms with Crippen molar-refractivity contribution in [2.75, 3.05) is 0 Å². The lowest BCUT2D eigenvalue weighted by Gasteiger charge is -2.20. The molecule has 0 spiro atoms. The minimum absolute atomic E-state index is 0.0246. The van der Waals surface area contributed by atoms with Crippen molar-refractivity contribution in [2.24, 2.45) is 0 Å². The average molecular weight is 526 g/mol. The van der Waals surface area contributed by atoms with Crippen molar-refractivity contribution in [3.05, 3.63) is 157 Å². The highest BCUT2D eigenvalue weighted by molar-refractivity contribution is 6.22. The predicted molar refractivity (Wildman–Crippen MR) is 173 cm³/mol. The van der Waals surface area contributed by atoms with Gasteiger partial charge in [-0.3, -0.25) is 0 Å². The molecule has 0 aliphatic carbocycles. The SMILES string of the molecule is [2H]c1c([2H])c([2H])c(-c2c3c([2H])c([2H])c([2H])c([2H])c3c(-c3ccc4ccccc4c3)c3c([2H])c([2H])c([2H])c([2H])c23)c(-c2c([2H])c([2H])c3c([2H])c([2H])c([2H])c([2H])c3c2[2H])c1[2H]. The van der Waals surface area contributed by atoms with E-state index in [2.05, 4.69) is 0 Å². The largest absolute Gasteiger partial charge is 0.0636 e. The van der Waals surface area contributed by atoms with Crippen LogP contribution in [-0.4, -0.2) is 0 Å². The van der Waals surface area contributed by atoms with Crippen LogP contribution in [0.3, 0.4) is 0 Å². The second kappa shape index (κ2) is 9.22. The molecule has 8 aromatic rings. The maximum Gasteiger partial charge on any atom is 0.0636 e. The van der Waals surface area contributed by atoms with Gasteiger partial charge in [0.1, 0.15) is 0 Å². The van der Waals surface area contributed by atoms with Crippen molar-refractivity contribution in [1.29, 1.82) is 0 Å². The van der Waals surface area contributed by atoms with Gasteiger partial charge in [-0.25, -0.2) is 0 Å². The Kier molecular flexibility index (Phi) is 2.48. The molecule has 0 nitrogen and oxygen atoms in total. The molecule has 0 aliphatic rings. The quantitative estimate of drug-likeness (QED) is 0.201. The molecule has 0 saturated carbocycles. The molecule has 0 unspecified atom stereocenters. The average Bonchev–Trinajstić information content (AvgIpc) is 3.22. The van der Waals surface area contributed by atoms with Crippen molar-refractivity contribution in [3.8, 4) is 33.4 Å². The van der Waals surface area contributed by atoms with Crippen LogP contribution in [0.5, 0.6) is 0 Å². The van der Waals surface area contributed by atoms with E-state index in [0.717, 1.165) is 5.39 Å². The first kappa shape index (κ1) is 10.8. The van der Waals surface area contributed by atoms with Gasteiger partial charge in [0.2, 0.25) is 0 Å². The van der Waals surface area contributed by atoms with E-state index in [1.54, 1.807) is 30.3 Å². The number of rotatable bonds is 3. The number of fused-ring (bicyclic) bond motifs is 4. The lowest BCUT2D eigenvalue weighted by molar-refractivity contribution is 1.62. The fraction of sp³-hybridized carbons (Fsp3) is 0. The zero-order valence-electron chi connectivity index (χ0n) is 39.5. The second-order valence-electron chi connectivity index (χ2n) is 9.06. The maximum atomic E-state index is 9.39. The Morgan fingerprint density at radius 3 is 1.68 bits per heavy atom. The molecule has 8 rings (SSSR count). The first-order valence-electron chi connectivity index (χ1n) is 21.8. The summed E-state index contributed by atoms with van der Waals surface area (Å²) in [5.41, 5.74) is -2.22. The molecule has 40 heavy (non-hydrogen) atoms. The number of benzene rings is 8. The highest BCUT2D eigenvalue weighted by atomic mass is 14.2. The predicted octanol–water partition coefficient (Wildman–Crippen LogP) is 11.3. The summed E-state index contributed by atoms with van der Waals surface area (Å²) in [6.45, 7) is 0. The fourth-order valence-electron chi connectivity index (χ4n) is 5.10.